The highest BCUT2D eigenvalue weighted by Crippen LogP contribution is 2.46. The molecule has 376 valence electrons. The van der Waals surface area contributed by atoms with Crippen LogP contribution in [0.1, 0.15) is 75.0 Å². The van der Waals surface area contributed by atoms with E-state index in [9.17, 15) is 48.3 Å². The average Bonchev–Trinajstić information content (AvgIpc) is 3.94. The predicted molar refractivity (Wildman–Crippen MR) is 258 cm³/mol. The number of aryl methyl sites for hydroxylation is 1. The molecule has 5 heterocycles. The molecule has 20 nitrogen and oxygen atoms in total. The fourth-order valence-electron chi connectivity index (χ4n) is 9.75. The van der Waals surface area contributed by atoms with Crippen molar-refractivity contribution in [2.24, 2.45) is 0 Å². The van der Waals surface area contributed by atoms with Crippen molar-refractivity contribution < 1.29 is 57.3 Å². The number of carbonyl (C=O) groups is 8. The summed E-state index contributed by atoms with van der Waals surface area (Å²) in [6.07, 6.45) is 3.28. The van der Waals surface area contributed by atoms with Gasteiger partial charge in [-0.25, -0.2) is 19.1 Å². The number of aromatic nitrogens is 2. The minimum absolute atomic E-state index is 0.0287. The number of amides is 7. The molecule has 0 spiro atoms. The zero-order valence-corrected chi connectivity index (χ0v) is 39.6. The number of rotatable bonds is 17. The van der Waals surface area contributed by atoms with E-state index in [1.54, 1.807) is 50.2 Å². The summed E-state index contributed by atoms with van der Waals surface area (Å²) in [5.74, 6) is -6.11. The lowest BCUT2D eigenvalue weighted by Gasteiger charge is -2.31. The third kappa shape index (κ3) is 9.71. The maximum Gasteiger partial charge on any atom is 0.343 e. The van der Waals surface area contributed by atoms with Crippen LogP contribution in [0.5, 0.6) is 0 Å². The molecule has 2 aromatic heterocycles. The van der Waals surface area contributed by atoms with E-state index in [1.165, 1.54) is 34.9 Å². The number of nitrogens with zero attached hydrogens (tertiary/aromatic N) is 3. The lowest BCUT2D eigenvalue weighted by molar-refractivity contribution is -0.172. The topological polar surface area (TPSA) is 274 Å². The van der Waals surface area contributed by atoms with Crippen molar-refractivity contribution in [3.63, 3.8) is 0 Å². The summed E-state index contributed by atoms with van der Waals surface area (Å²) in [5.41, 5.74) is 2.84. The van der Waals surface area contributed by atoms with Gasteiger partial charge in [0.1, 0.15) is 25.2 Å². The van der Waals surface area contributed by atoms with Crippen molar-refractivity contribution in [3.8, 4) is 11.4 Å². The SMILES string of the molecule is CC[C@@]1(O)C(=O)OCc2c1cc1n(c2=O)Cc2c-1nc1cc(F)c(C)c3c1c2C(COCNC(=O)CNC(=O)[C@H](Cc1ccccc1)NC(=O)CNC(=O)CNC(=O)c1cccc(N2C(=O)C=CC2=O)c1)CC3. The van der Waals surface area contributed by atoms with Gasteiger partial charge in [0.15, 0.2) is 5.60 Å². The quantitative estimate of drug-likeness (QED) is 0.0328. The van der Waals surface area contributed by atoms with Gasteiger partial charge in [0.2, 0.25) is 23.6 Å². The number of benzene rings is 3. The Labute approximate surface area is 415 Å². The molecule has 7 amide bonds. The van der Waals surface area contributed by atoms with Crippen molar-refractivity contribution in [2.75, 3.05) is 37.9 Å². The second-order valence-corrected chi connectivity index (χ2v) is 18.0. The minimum Gasteiger partial charge on any atom is -0.458 e. The van der Waals surface area contributed by atoms with Crippen LogP contribution < -0.4 is 37.0 Å². The molecule has 0 radical (unpaired) electrons. The molecule has 0 bridgehead atoms. The number of cyclic esters (lactones) is 1. The maximum atomic E-state index is 15.4. The van der Waals surface area contributed by atoms with Gasteiger partial charge in [0.25, 0.3) is 23.3 Å². The molecule has 73 heavy (non-hydrogen) atoms. The second-order valence-electron chi connectivity index (χ2n) is 18.0. The number of hydrogen-bond acceptors (Lipinski definition) is 13. The van der Waals surface area contributed by atoms with Gasteiger partial charge in [-0.1, -0.05) is 43.3 Å². The summed E-state index contributed by atoms with van der Waals surface area (Å²) in [7, 11) is 0. The van der Waals surface area contributed by atoms with E-state index in [-0.39, 0.29) is 67.6 Å². The van der Waals surface area contributed by atoms with E-state index in [0.29, 0.717) is 40.9 Å². The summed E-state index contributed by atoms with van der Waals surface area (Å²) in [6.45, 7) is 1.46. The highest BCUT2D eigenvalue weighted by Gasteiger charge is 2.46. The highest BCUT2D eigenvalue weighted by molar-refractivity contribution is 6.28. The zero-order chi connectivity index (χ0) is 51.7. The first-order chi connectivity index (χ1) is 35.1. The number of imide groups is 1. The van der Waals surface area contributed by atoms with E-state index < -0.39 is 90.0 Å². The molecule has 1 unspecified atom stereocenters. The first kappa shape index (κ1) is 49.5. The summed E-state index contributed by atoms with van der Waals surface area (Å²) in [5, 5.41) is 24.7. The smallest absolute Gasteiger partial charge is 0.343 e. The highest BCUT2D eigenvalue weighted by atomic mass is 19.1. The van der Waals surface area contributed by atoms with Crippen molar-refractivity contribution in [2.45, 2.75) is 70.2 Å². The first-order valence-electron chi connectivity index (χ1n) is 23.5. The third-order valence-corrected chi connectivity index (χ3v) is 13.6. The normalized spacial score (nSPS) is 17.6. The molecule has 5 aromatic rings. The summed E-state index contributed by atoms with van der Waals surface area (Å²) < 4.78 is 28.2. The van der Waals surface area contributed by atoms with Gasteiger partial charge >= 0.3 is 5.97 Å². The van der Waals surface area contributed by atoms with Gasteiger partial charge in [-0.15, -0.1) is 0 Å². The molecule has 6 N–H and O–H groups in total. The van der Waals surface area contributed by atoms with E-state index >= 15 is 4.39 Å². The third-order valence-electron chi connectivity index (χ3n) is 13.6. The number of halogens is 1. The Morgan fingerprint density at radius 3 is 2.36 bits per heavy atom. The molecule has 0 saturated carbocycles. The van der Waals surface area contributed by atoms with Gasteiger partial charge in [0.05, 0.1) is 60.9 Å². The summed E-state index contributed by atoms with van der Waals surface area (Å²) >= 11 is 0. The standard InChI is InChI=1S/C52H49FN8O12/c1-3-52(71)35-18-39-47-33(23-60(39)50(69)34(35)25-73-51(52)70)45-30(12-13-32-27(2)36(53)19-37(59-47)46(32)45)24-72-26-57-41(63)21-56-49(68)38(16-28-8-5-4-6-9-28)58-42(64)22-54-40(62)20-55-48(67)29-10-7-11-31(17-29)61-43(65)14-15-44(61)66/h4-11,14-15,17-19,30,38,71H,3,12-13,16,20-26H2,1-2H3,(H,54,62)(H,55,67)(H,56,68)(H,57,63)(H,58,64)/t30?,38-,52-/m0/s1. The number of anilines is 1. The second kappa shape index (κ2) is 20.4. The lowest BCUT2D eigenvalue weighted by atomic mass is 9.78. The minimum atomic E-state index is -2.03. The number of ether oxygens (including phenoxy) is 2. The van der Waals surface area contributed by atoms with Gasteiger partial charge < -0.3 is 45.7 Å². The molecule has 0 fully saturated rings. The van der Waals surface area contributed by atoms with Crippen LogP contribution >= 0.6 is 0 Å². The van der Waals surface area contributed by atoms with Gasteiger partial charge in [0, 0.05) is 52.6 Å². The zero-order valence-electron chi connectivity index (χ0n) is 39.6. The fourth-order valence-corrected chi connectivity index (χ4v) is 9.75. The van der Waals surface area contributed by atoms with Crippen molar-refractivity contribution in [1.82, 2.24) is 36.1 Å². The molecular weight excluding hydrogens is 948 g/mol. The van der Waals surface area contributed by atoms with Crippen LogP contribution in [0.2, 0.25) is 0 Å². The van der Waals surface area contributed by atoms with Gasteiger partial charge in [-0.3, -0.25) is 38.4 Å². The fraction of sp³-hybridized carbons (Fsp3) is 0.308. The Hall–Kier alpha value is -8.43. The number of hydrogen-bond donors (Lipinski definition) is 6. The van der Waals surface area contributed by atoms with Gasteiger partial charge in [-0.05, 0) is 72.7 Å². The molecule has 9 rings (SSSR count). The predicted octanol–water partition coefficient (Wildman–Crippen LogP) is 1.47. The lowest BCUT2D eigenvalue weighted by Crippen LogP contribution is -2.52. The molecule has 3 aromatic carbocycles. The molecule has 21 heteroatoms. The Balaban J connectivity index is 0.795. The van der Waals surface area contributed by atoms with Crippen LogP contribution in [0.4, 0.5) is 10.1 Å². The van der Waals surface area contributed by atoms with Crippen LogP contribution in [0.15, 0.2) is 83.7 Å². The number of nitrogens with one attached hydrogen (secondary N) is 5. The average molecular weight is 997 g/mol. The first-order valence-corrected chi connectivity index (χ1v) is 23.5. The number of fused-ring (bicyclic) bond motifs is 5. The van der Waals surface area contributed by atoms with Crippen molar-refractivity contribution >= 4 is 63.9 Å². The number of esters is 1. The summed E-state index contributed by atoms with van der Waals surface area (Å²) in [4.78, 5) is 122. The Bertz CT molecular complexity index is 3250. The molecule has 1 aliphatic carbocycles. The maximum absolute atomic E-state index is 15.4. The number of pyridine rings is 2. The van der Waals surface area contributed by atoms with E-state index in [4.69, 9.17) is 14.5 Å². The molecule has 3 atom stereocenters. The number of aliphatic hydroxyl groups is 1. The van der Waals surface area contributed by atoms with Crippen LogP contribution in [0.3, 0.4) is 0 Å². The van der Waals surface area contributed by atoms with Crippen LogP contribution in [0, 0.1) is 12.7 Å². The van der Waals surface area contributed by atoms with Crippen LogP contribution in [-0.2, 0) is 74.6 Å². The molecular formula is C52H49FN8O12. The molecule has 3 aliphatic heterocycles. The molecule has 4 aliphatic rings. The largest absolute Gasteiger partial charge is 0.458 e. The van der Waals surface area contributed by atoms with E-state index in [2.05, 4.69) is 26.6 Å². The van der Waals surface area contributed by atoms with Crippen LogP contribution in [-0.4, -0.2) is 101 Å². The monoisotopic (exact) mass is 996 g/mol. The molecule has 0 saturated heterocycles. The van der Waals surface area contributed by atoms with Crippen LogP contribution in [0.25, 0.3) is 22.3 Å². The van der Waals surface area contributed by atoms with Gasteiger partial charge in [-0.2, -0.15) is 0 Å². The Kier molecular flexibility index (Phi) is 13.8. The Morgan fingerprint density at radius 2 is 1.60 bits per heavy atom. The van der Waals surface area contributed by atoms with Crippen molar-refractivity contribution in [3.05, 3.63) is 140 Å². The van der Waals surface area contributed by atoms with E-state index in [1.807, 2.05) is 0 Å². The van der Waals surface area contributed by atoms with Crippen molar-refractivity contribution in [1.29, 1.82) is 0 Å². The Morgan fingerprint density at radius 1 is 0.877 bits per heavy atom. The van der Waals surface area contributed by atoms with E-state index in [0.717, 1.165) is 39.1 Å². The number of carbonyl (C=O) groups excluding carboxylic acids is 8. The summed E-state index contributed by atoms with van der Waals surface area (Å²) in [6, 6.07) is 16.3.